The third-order valence-corrected chi connectivity index (χ3v) is 4.61. The number of carbonyl (C=O) groups is 1. The Hall–Kier alpha value is -3.15. The van der Waals surface area contributed by atoms with Gasteiger partial charge < -0.3 is 9.84 Å². The van der Waals surface area contributed by atoms with Gasteiger partial charge in [-0.15, -0.1) is 0 Å². The Labute approximate surface area is 150 Å². The van der Waals surface area contributed by atoms with E-state index in [1.54, 1.807) is 6.08 Å². The number of rotatable bonds is 4. The second-order valence-corrected chi connectivity index (χ2v) is 6.24. The third kappa shape index (κ3) is 3.44. The molecule has 0 amide bonds. The predicted molar refractivity (Wildman–Crippen MR) is 97.3 cm³/mol. The van der Waals surface area contributed by atoms with Gasteiger partial charge in [0.05, 0.1) is 12.0 Å². The number of benzene rings is 2. The number of ketones is 1. The Morgan fingerprint density at radius 2 is 2.00 bits per heavy atom. The van der Waals surface area contributed by atoms with Gasteiger partial charge in [-0.2, -0.15) is 0 Å². The Morgan fingerprint density at radius 1 is 1.27 bits per heavy atom. The van der Waals surface area contributed by atoms with E-state index in [0.29, 0.717) is 17.6 Å². The van der Waals surface area contributed by atoms with Gasteiger partial charge in [0.2, 0.25) is 5.75 Å². The predicted octanol–water partition coefficient (Wildman–Crippen LogP) is 4.23. The molecule has 1 atom stereocenters. The second-order valence-electron chi connectivity index (χ2n) is 6.24. The van der Waals surface area contributed by atoms with E-state index >= 15 is 0 Å². The van der Waals surface area contributed by atoms with Crippen LogP contribution in [0.1, 0.15) is 36.3 Å². The average molecular weight is 353 g/mol. The monoisotopic (exact) mass is 353 g/mol. The maximum atomic E-state index is 12.9. The average Bonchev–Trinajstić information content (AvgIpc) is 2.65. The molecule has 0 unspecified atom stereocenters. The molecule has 3 rings (SSSR count). The summed E-state index contributed by atoms with van der Waals surface area (Å²) in [6, 6.07) is 12.4. The van der Waals surface area contributed by atoms with Crippen LogP contribution in [-0.2, 0) is 4.79 Å². The first-order valence-corrected chi connectivity index (χ1v) is 8.36. The molecule has 2 aromatic rings. The molecule has 0 radical (unpaired) electrons. The topological polar surface area (TPSA) is 89.7 Å². The minimum Gasteiger partial charge on any atom is -0.500 e. The molecule has 1 aliphatic carbocycles. The Bertz CT molecular complexity index is 873. The number of ether oxygens (including phenoxy) is 1. The standard InChI is InChI=1S/C20H19NO5/c1-26-18-12-13(11-17(20(18)23)21(24)25)10-15-8-5-9-16(19(15)22)14-6-3-2-4-7-14/h2-4,6-7,10-12,16,23H,5,8-9H2,1H3/b15-10+/t16-/m0/s1. The first-order valence-electron chi connectivity index (χ1n) is 8.36. The van der Waals surface area contributed by atoms with Crippen molar-refractivity contribution in [3.05, 3.63) is 69.3 Å². The first kappa shape index (κ1) is 17.7. The fraction of sp³-hybridized carbons (Fsp3) is 0.250. The van der Waals surface area contributed by atoms with Crippen molar-refractivity contribution in [2.24, 2.45) is 0 Å². The van der Waals surface area contributed by atoms with E-state index in [1.165, 1.54) is 19.2 Å². The summed E-state index contributed by atoms with van der Waals surface area (Å²) in [4.78, 5) is 23.4. The number of nitrogens with zero attached hydrogens (tertiary/aromatic N) is 1. The Balaban J connectivity index is 1.98. The molecule has 0 heterocycles. The van der Waals surface area contributed by atoms with E-state index in [-0.39, 0.29) is 17.5 Å². The zero-order chi connectivity index (χ0) is 18.7. The fourth-order valence-electron chi connectivity index (χ4n) is 3.31. The molecule has 0 aliphatic heterocycles. The number of methoxy groups -OCH3 is 1. The smallest absolute Gasteiger partial charge is 0.315 e. The number of aromatic hydroxyl groups is 1. The fourth-order valence-corrected chi connectivity index (χ4v) is 3.31. The van der Waals surface area contributed by atoms with E-state index in [4.69, 9.17) is 4.74 Å². The lowest BCUT2D eigenvalue weighted by molar-refractivity contribution is -0.386. The summed E-state index contributed by atoms with van der Waals surface area (Å²) in [7, 11) is 1.33. The summed E-state index contributed by atoms with van der Waals surface area (Å²) < 4.78 is 5.01. The molecule has 6 heteroatoms. The van der Waals surface area contributed by atoms with Gasteiger partial charge in [-0.1, -0.05) is 30.3 Å². The summed E-state index contributed by atoms with van der Waals surface area (Å²) in [6.07, 6.45) is 3.94. The lowest BCUT2D eigenvalue weighted by atomic mass is 9.79. The third-order valence-electron chi connectivity index (χ3n) is 4.61. The van der Waals surface area contributed by atoms with E-state index < -0.39 is 16.4 Å². The summed E-state index contributed by atoms with van der Waals surface area (Å²) >= 11 is 0. The minimum atomic E-state index is -0.671. The van der Waals surface area contributed by atoms with Crippen LogP contribution in [0, 0.1) is 10.1 Å². The molecule has 1 N–H and O–H groups in total. The molecular formula is C20H19NO5. The molecule has 26 heavy (non-hydrogen) atoms. The largest absolute Gasteiger partial charge is 0.500 e. The summed E-state index contributed by atoms with van der Waals surface area (Å²) in [5.74, 6) is -0.659. The molecule has 6 nitrogen and oxygen atoms in total. The molecule has 134 valence electrons. The van der Waals surface area contributed by atoms with Crippen LogP contribution in [0.3, 0.4) is 0 Å². The quantitative estimate of drug-likeness (QED) is 0.505. The van der Waals surface area contributed by atoms with Gasteiger partial charge in [0.15, 0.2) is 11.5 Å². The van der Waals surface area contributed by atoms with Crippen molar-refractivity contribution in [2.75, 3.05) is 7.11 Å². The normalized spacial score (nSPS) is 18.7. The number of allylic oxidation sites excluding steroid dienone is 1. The molecular weight excluding hydrogens is 334 g/mol. The lowest BCUT2D eigenvalue weighted by Gasteiger charge is -2.23. The molecule has 0 saturated heterocycles. The van der Waals surface area contributed by atoms with Crippen molar-refractivity contribution in [3.63, 3.8) is 0 Å². The number of Topliss-reactive ketones (excluding diaryl/α,β-unsaturated/α-hetero) is 1. The van der Waals surface area contributed by atoms with Gasteiger partial charge in [-0.3, -0.25) is 14.9 Å². The number of phenols is 1. The summed E-state index contributed by atoms with van der Waals surface area (Å²) in [5, 5.41) is 21.0. The highest BCUT2D eigenvalue weighted by molar-refractivity contribution is 6.04. The summed E-state index contributed by atoms with van der Waals surface area (Å²) in [5.41, 5.74) is 1.63. The number of carbonyl (C=O) groups excluding carboxylic acids is 1. The maximum Gasteiger partial charge on any atom is 0.315 e. The van der Waals surface area contributed by atoms with E-state index in [0.717, 1.165) is 18.4 Å². The lowest BCUT2D eigenvalue weighted by Crippen LogP contribution is -2.19. The second kappa shape index (κ2) is 7.39. The van der Waals surface area contributed by atoms with Crippen molar-refractivity contribution >= 4 is 17.5 Å². The van der Waals surface area contributed by atoms with Crippen LogP contribution in [0.15, 0.2) is 48.0 Å². The van der Waals surface area contributed by atoms with Crippen LogP contribution in [0.4, 0.5) is 5.69 Å². The number of hydrogen-bond acceptors (Lipinski definition) is 5. The highest BCUT2D eigenvalue weighted by Gasteiger charge is 2.28. The highest BCUT2D eigenvalue weighted by atomic mass is 16.6. The molecule has 0 bridgehead atoms. The molecule has 0 aromatic heterocycles. The van der Waals surface area contributed by atoms with Crippen LogP contribution in [-0.4, -0.2) is 22.9 Å². The van der Waals surface area contributed by atoms with E-state index in [1.807, 2.05) is 30.3 Å². The number of nitro benzene ring substituents is 1. The molecule has 1 aliphatic rings. The Kier molecular flexibility index (Phi) is 5.02. The maximum absolute atomic E-state index is 12.9. The van der Waals surface area contributed by atoms with E-state index in [2.05, 4.69) is 0 Å². The van der Waals surface area contributed by atoms with Gasteiger partial charge in [0, 0.05) is 12.0 Å². The molecule has 1 fully saturated rings. The Morgan fingerprint density at radius 3 is 2.65 bits per heavy atom. The van der Waals surface area contributed by atoms with Crippen molar-refractivity contribution < 1.29 is 19.6 Å². The zero-order valence-electron chi connectivity index (χ0n) is 14.3. The van der Waals surface area contributed by atoms with Gasteiger partial charge in [-0.05, 0) is 48.1 Å². The SMILES string of the molecule is COc1cc(/C=C2\CCC[C@@H](c3ccccc3)C2=O)cc([N+](=O)[O-])c1O. The van der Waals surface area contributed by atoms with Crippen molar-refractivity contribution in [3.8, 4) is 11.5 Å². The van der Waals surface area contributed by atoms with Crippen molar-refractivity contribution in [1.82, 2.24) is 0 Å². The van der Waals surface area contributed by atoms with Crippen LogP contribution in [0.25, 0.3) is 6.08 Å². The van der Waals surface area contributed by atoms with Crippen molar-refractivity contribution in [2.45, 2.75) is 25.2 Å². The van der Waals surface area contributed by atoms with Crippen LogP contribution >= 0.6 is 0 Å². The highest BCUT2D eigenvalue weighted by Crippen LogP contribution is 2.39. The van der Waals surface area contributed by atoms with E-state index in [9.17, 15) is 20.0 Å². The molecule has 1 saturated carbocycles. The molecule has 0 spiro atoms. The van der Waals surface area contributed by atoms with Gasteiger partial charge in [0.25, 0.3) is 0 Å². The zero-order valence-corrected chi connectivity index (χ0v) is 14.3. The number of hydrogen-bond donors (Lipinski definition) is 1. The number of phenolic OH excluding ortho intramolecular Hbond substituents is 1. The molecule has 2 aromatic carbocycles. The van der Waals surface area contributed by atoms with Gasteiger partial charge in [0.1, 0.15) is 0 Å². The summed E-state index contributed by atoms with van der Waals surface area (Å²) in [6.45, 7) is 0. The van der Waals surface area contributed by atoms with Gasteiger partial charge >= 0.3 is 5.69 Å². The minimum absolute atomic E-state index is 0.00826. The number of nitro groups is 1. The van der Waals surface area contributed by atoms with Crippen LogP contribution in [0.5, 0.6) is 11.5 Å². The first-order chi connectivity index (χ1) is 12.5. The van der Waals surface area contributed by atoms with Crippen LogP contribution in [0.2, 0.25) is 0 Å². The van der Waals surface area contributed by atoms with Gasteiger partial charge in [-0.25, -0.2) is 0 Å². The van der Waals surface area contributed by atoms with Crippen molar-refractivity contribution in [1.29, 1.82) is 0 Å². The van der Waals surface area contributed by atoms with Crippen LogP contribution < -0.4 is 4.74 Å².